The van der Waals surface area contributed by atoms with Crippen molar-refractivity contribution in [1.29, 1.82) is 0 Å². The van der Waals surface area contributed by atoms with Gasteiger partial charge in [-0.15, -0.1) is 0 Å². The smallest absolute Gasteiger partial charge is 0.158 e. The average Bonchev–Trinajstić information content (AvgIpc) is 2.83. The van der Waals surface area contributed by atoms with Crippen molar-refractivity contribution in [2.45, 2.75) is 63.3 Å². The second-order valence-electron chi connectivity index (χ2n) is 8.08. The summed E-state index contributed by atoms with van der Waals surface area (Å²) in [5.74, 6) is 0.234. The van der Waals surface area contributed by atoms with Crippen LogP contribution in [0.4, 0.5) is 0 Å². The fraction of sp³-hybridized carbons (Fsp3) is 0.538. The molecule has 2 aromatic rings. The van der Waals surface area contributed by atoms with Crippen molar-refractivity contribution in [3.63, 3.8) is 0 Å². The summed E-state index contributed by atoms with van der Waals surface area (Å²) in [6.45, 7) is 5.89. The quantitative estimate of drug-likeness (QED) is 0.705. The van der Waals surface area contributed by atoms with Gasteiger partial charge in [0.15, 0.2) is 12.6 Å². The van der Waals surface area contributed by atoms with Gasteiger partial charge in [-0.05, 0) is 25.0 Å². The Hall–Kier alpha value is -1.80. The monoisotopic (exact) mass is 444 g/mol. The van der Waals surface area contributed by atoms with E-state index in [4.69, 9.17) is 18.9 Å². The van der Waals surface area contributed by atoms with Crippen LogP contribution in [0, 0.1) is 0 Å². The van der Waals surface area contributed by atoms with Gasteiger partial charge in [-0.1, -0.05) is 60.7 Å². The van der Waals surface area contributed by atoms with Gasteiger partial charge in [-0.3, -0.25) is 0 Å². The number of aliphatic hydroxyl groups is 2. The Labute approximate surface area is 191 Å². The van der Waals surface area contributed by atoms with Crippen molar-refractivity contribution in [2.24, 2.45) is 0 Å². The summed E-state index contributed by atoms with van der Waals surface area (Å²) in [6, 6.07) is 20.1. The van der Waals surface area contributed by atoms with Crippen LogP contribution in [0.5, 0.6) is 0 Å². The lowest BCUT2D eigenvalue weighted by atomic mass is 9.89. The van der Waals surface area contributed by atoms with E-state index in [2.05, 4.69) is 0 Å². The largest absolute Gasteiger partial charge is 0.390 e. The molecule has 32 heavy (non-hydrogen) atoms. The molecule has 6 atom stereocenters. The van der Waals surface area contributed by atoms with Crippen LogP contribution in [0.15, 0.2) is 60.7 Å². The number of rotatable bonds is 6. The molecule has 4 rings (SSSR count). The molecule has 0 radical (unpaired) electrons. The molecule has 2 N–H and O–H groups in total. The van der Waals surface area contributed by atoms with Crippen LogP contribution in [0.1, 0.15) is 49.7 Å². The minimum atomic E-state index is -0.431. The molecule has 0 saturated carbocycles. The van der Waals surface area contributed by atoms with E-state index in [1.54, 1.807) is 0 Å². The van der Waals surface area contributed by atoms with Crippen LogP contribution >= 0.6 is 0 Å². The maximum absolute atomic E-state index is 9.93. The third-order valence-corrected chi connectivity index (χ3v) is 5.89. The van der Waals surface area contributed by atoms with Crippen molar-refractivity contribution in [3.8, 4) is 0 Å². The highest BCUT2D eigenvalue weighted by atomic mass is 16.7. The van der Waals surface area contributed by atoms with Crippen LogP contribution in [-0.4, -0.2) is 61.4 Å². The summed E-state index contributed by atoms with van der Waals surface area (Å²) in [5.41, 5.74) is 2.31. The number of hydrogen-bond donors (Lipinski definition) is 2. The predicted molar refractivity (Wildman–Crippen MR) is 122 cm³/mol. The first-order chi connectivity index (χ1) is 15.6. The van der Waals surface area contributed by atoms with E-state index < -0.39 is 12.2 Å². The van der Waals surface area contributed by atoms with Gasteiger partial charge in [0.1, 0.15) is 0 Å². The molecule has 0 spiro atoms. The Balaban J connectivity index is 0.000000181. The molecule has 176 valence electrons. The van der Waals surface area contributed by atoms with E-state index in [1.807, 2.05) is 74.5 Å². The Morgan fingerprint density at radius 1 is 0.688 bits per heavy atom. The van der Waals surface area contributed by atoms with Crippen molar-refractivity contribution >= 4 is 0 Å². The molecule has 6 heteroatoms. The zero-order valence-electron chi connectivity index (χ0n) is 19.0. The maximum Gasteiger partial charge on any atom is 0.158 e. The molecule has 0 unspecified atom stereocenters. The Bertz CT molecular complexity index is 690. The zero-order chi connectivity index (χ0) is 22.8. The highest BCUT2D eigenvalue weighted by molar-refractivity contribution is 5.22. The second kappa shape index (κ2) is 13.0. The molecule has 0 bridgehead atoms. The first kappa shape index (κ1) is 24.8. The number of benzene rings is 2. The minimum absolute atomic E-state index is 0.117. The van der Waals surface area contributed by atoms with Crippen LogP contribution in [0.2, 0.25) is 0 Å². The third kappa shape index (κ3) is 7.10. The van der Waals surface area contributed by atoms with Crippen LogP contribution in [-0.2, 0) is 18.9 Å². The molecule has 2 saturated heterocycles. The number of ether oxygens (including phenoxy) is 4. The average molecular weight is 445 g/mol. The van der Waals surface area contributed by atoms with E-state index in [1.165, 1.54) is 0 Å². The number of aliphatic hydroxyl groups excluding tert-OH is 2. The fourth-order valence-electron chi connectivity index (χ4n) is 4.23. The van der Waals surface area contributed by atoms with Gasteiger partial charge >= 0.3 is 0 Å². The van der Waals surface area contributed by atoms with Crippen molar-refractivity contribution < 1.29 is 29.2 Å². The van der Waals surface area contributed by atoms with Crippen molar-refractivity contribution in [2.75, 3.05) is 26.4 Å². The van der Waals surface area contributed by atoms with E-state index >= 15 is 0 Å². The lowest BCUT2D eigenvalue weighted by Gasteiger charge is -2.33. The second-order valence-corrected chi connectivity index (χ2v) is 8.08. The first-order valence-corrected chi connectivity index (χ1v) is 11.5. The van der Waals surface area contributed by atoms with Gasteiger partial charge in [0, 0.05) is 37.9 Å². The third-order valence-electron chi connectivity index (χ3n) is 5.89. The lowest BCUT2D eigenvalue weighted by molar-refractivity contribution is -0.190. The molecule has 0 aromatic heterocycles. The van der Waals surface area contributed by atoms with Crippen LogP contribution in [0.3, 0.4) is 0 Å². The number of hydrogen-bond acceptors (Lipinski definition) is 6. The molecule has 2 aliphatic rings. The van der Waals surface area contributed by atoms with Gasteiger partial charge in [0.05, 0.1) is 25.4 Å². The van der Waals surface area contributed by atoms with E-state index in [-0.39, 0.29) is 24.4 Å². The molecule has 6 nitrogen and oxygen atoms in total. The van der Waals surface area contributed by atoms with Crippen LogP contribution < -0.4 is 0 Å². The molecule has 2 aromatic carbocycles. The van der Waals surface area contributed by atoms with Crippen molar-refractivity contribution in [3.05, 3.63) is 71.8 Å². The fourth-order valence-corrected chi connectivity index (χ4v) is 4.23. The van der Waals surface area contributed by atoms with E-state index in [0.29, 0.717) is 26.4 Å². The van der Waals surface area contributed by atoms with Gasteiger partial charge in [-0.25, -0.2) is 0 Å². The van der Waals surface area contributed by atoms with Gasteiger partial charge in [0.2, 0.25) is 0 Å². The molecular weight excluding hydrogens is 408 g/mol. The Morgan fingerprint density at radius 2 is 1.06 bits per heavy atom. The summed E-state index contributed by atoms with van der Waals surface area (Å²) in [7, 11) is 0. The Kier molecular flexibility index (Phi) is 10.1. The summed E-state index contributed by atoms with van der Waals surface area (Å²) in [5, 5.41) is 19.9. The van der Waals surface area contributed by atoms with Gasteiger partial charge < -0.3 is 29.2 Å². The molecular formula is C26H36O6. The SMILES string of the molecule is CCO[C@H]1C[C@@H](c2ccccc2)[C@H](O)CO1.CCO[C@H]1C[C@@H](c2ccccc2)[C@H](O)CO1. The lowest BCUT2D eigenvalue weighted by Crippen LogP contribution is -2.37. The summed E-state index contributed by atoms with van der Waals surface area (Å²) in [6.07, 6.45) is 0.216. The molecule has 2 aliphatic heterocycles. The van der Waals surface area contributed by atoms with E-state index in [0.717, 1.165) is 24.0 Å². The van der Waals surface area contributed by atoms with Crippen LogP contribution in [0.25, 0.3) is 0 Å². The van der Waals surface area contributed by atoms with Gasteiger partial charge in [0.25, 0.3) is 0 Å². The summed E-state index contributed by atoms with van der Waals surface area (Å²) < 4.78 is 21.7. The standard InChI is InChI=1S/2C13H18O3/c2*1-2-15-13-8-11(12(14)9-16-13)10-6-4-3-5-7-10/h2*3-7,11-14H,2,8-9H2,1H3/t2*11-,12+,13+/m00/s1. The zero-order valence-corrected chi connectivity index (χ0v) is 19.0. The van der Waals surface area contributed by atoms with E-state index in [9.17, 15) is 10.2 Å². The summed E-state index contributed by atoms with van der Waals surface area (Å²) >= 11 is 0. The molecule has 0 amide bonds. The molecule has 0 aliphatic carbocycles. The highest BCUT2D eigenvalue weighted by Crippen LogP contribution is 2.31. The maximum atomic E-state index is 9.93. The Morgan fingerprint density at radius 3 is 1.41 bits per heavy atom. The molecule has 2 fully saturated rings. The predicted octanol–water partition coefficient (Wildman–Crippen LogP) is 3.83. The summed E-state index contributed by atoms with van der Waals surface area (Å²) in [4.78, 5) is 0. The topological polar surface area (TPSA) is 77.4 Å². The molecule has 2 heterocycles. The minimum Gasteiger partial charge on any atom is -0.390 e. The highest BCUT2D eigenvalue weighted by Gasteiger charge is 2.32. The van der Waals surface area contributed by atoms with Gasteiger partial charge in [-0.2, -0.15) is 0 Å². The first-order valence-electron chi connectivity index (χ1n) is 11.5. The normalized spacial score (nSPS) is 30.2. The van der Waals surface area contributed by atoms with Crippen molar-refractivity contribution in [1.82, 2.24) is 0 Å².